The van der Waals surface area contributed by atoms with Crippen molar-refractivity contribution in [2.45, 2.75) is 13.5 Å². The van der Waals surface area contributed by atoms with E-state index >= 15 is 0 Å². The molecule has 0 unspecified atom stereocenters. The van der Waals surface area contributed by atoms with Gasteiger partial charge in [0.1, 0.15) is 0 Å². The molecular formula is C18H20N4O4S. The van der Waals surface area contributed by atoms with E-state index < -0.39 is 11.9 Å². The number of esters is 1. The van der Waals surface area contributed by atoms with Gasteiger partial charge in [-0.3, -0.25) is 9.48 Å². The molecule has 3 rings (SSSR count). The first kappa shape index (κ1) is 19.0. The number of benzene rings is 1. The SMILES string of the molecule is CCOCCn1c(=NC(=O)c2ccn(C)n2)sc2cc(C(=O)OC)ccc21. The number of rotatable bonds is 6. The van der Waals surface area contributed by atoms with E-state index in [2.05, 4.69) is 10.1 Å². The van der Waals surface area contributed by atoms with Crippen LogP contribution in [0.2, 0.25) is 0 Å². The lowest BCUT2D eigenvalue weighted by Crippen LogP contribution is -2.20. The number of nitrogens with zero attached hydrogens (tertiary/aromatic N) is 4. The third-order valence-electron chi connectivity index (χ3n) is 3.90. The molecule has 0 spiro atoms. The van der Waals surface area contributed by atoms with Crippen LogP contribution in [0.25, 0.3) is 10.2 Å². The molecule has 142 valence electrons. The zero-order chi connectivity index (χ0) is 19.4. The van der Waals surface area contributed by atoms with Crippen LogP contribution in [0, 0.1) is 0 Å². The Morgan fingerprint density at radius 3 is 2.78 bits per heavy atom. The van der Waals surface area contributed by atoms with Gasteiger partial charge in [-0.05, 0) is 31.2 Å². The van der Waals surface area contributed by atoms with Crippen LogP contribution in [0.1, 0.15) is 27.8 Å². The maximum atomic E-state index is 12.5. The molecule has 9 heteroatoms. The van der Waals surface area contributed by atoms with Gasteiger partial charge in [0.05, 0.1) is 29.5 Å². The van der Waals surface area contributed by atoms with E-state index in [1.165, 1.54) is 18.4 Å². The summed E-state index contributed by atoms with van der Waals surface area (Å²) in [5.41, 5.74) is 1.60. The van der Waals surface area contributed by atoms with Crippen molar-refractivity contribution in [3.63, 3.8) is 0 Å². The number of hydrogen-bond acceptors (Lipinski definition) is 6. The first-order valence-corrected chi connectivity index (χ1v) is 9.23. The van der Waals surface area contributed by atoms with Gasteiger partial charge in [-0.2, -0.15) is 10.1 Å². The Morgan fingerprint density at radius 1 is 1.30 bits per heavy atom. The molecule has 0 radical (unpaired) electrons. The van der Waals surface area contributed by atoms with Gasteiger partial charge < -0.3 is 14.0 Å². The van der Waals surface area contributed by atoms with Crippen LogP contribution in [0.15, 0.2) is 35.5 Å². The van der Waals surface area contributed by atoms with Crippen LogP contribution in [0.3, 0.4) is 0 Å². The standard InChI is InChI=1S/C18H20N4O4S/c1-4-26-10-9-22-14-6-5-12(17(24)25-3)11-15(14)27-18(22)19-16(23)13-7-8-21(2)20-13/h5-8,11H,4,9-10H2,1-3H3. The van der Waals surface area contributed by atoms with Gasteiger partial charge >= 0.3 is 5.97 Å². The largest absolute Gasteiger partial charge is 0.465 e. The maximum absolute atomic E-state index is 12.5. The Morgan fingerprint density at radius 2 is 2.11 bits per heavy atom. The molecule has 3 aromatic rings. The van der Waals surface area contributed by atoms with Gasteiger partial charge in [-0.1, -0.05) is 11.3 Å². The van der Waals surface area contributed by atoms with Crippen molar-refractivity contribution in [3.8, 4) is 0 Å². The van der Waals surface area contributed by atoms with Crippen LogP contribution < -0.4 is 4.80 Å². The molecule has 1 amide bonds. The van der Waals surface area contributed by atoms with Crippen molar-refractivity contribution in [2.75, 3.05) is 20.3 Å². The smallest absolute Gasteiger partial charge is 0.337 e. The number of amides is 1. The molecular weight excluding hydrogens is 368 g/mol. The van der Waals surface area contributed by atoms with Gasteiger partial charge in [0.15, 0.2) is 10.5 Å². The summed E-state index contributed by atoms with van der Waals surface area (Å²) >= 11 is 1.33. The Labute approximate surface area is 159 Å². The summed E-state index contributed by atoms with van der Waals surface area (Å²) in [6, 6.07) is 6.89. The zero-order valence-corrected chi connectivity index (χ0v) is 16.2. The Hall–Kier alpha value is -2.78. The van der Waals surface area contributed by atoms with Gasteiger partial charge in [-0.15, -0.1) is 0 Å². The molecule has 0 saturated heterocycles. The molecule has 8 nitrogen and oxygen atoms in total. The van der Waals surface area contributed by atoms with E-state index in [9.17, 15) is 9.59 Å². The van der Waals surface area contributed by atoms with E-state index in [-0.39, 0.29) is 5.69 Å². The molecule has 1 aromatic carbocycles. The van der Waals surface area contributed by atoms with Crippen molar-refractivity contribution in [2.24, 2.45) is 12.0 Å². The van der Waals surface area contributed by atoms with Crippen molar-refractivity contribution < 1.29 is 19.1 Å². The molecule has 0 bridgehead atoms. The quantitative estimate of drug-likeness (QED) is 0.476. The molecule has 0 atom stereocenters. The summed E-state index contributed by atoms with van der Waals surface area (Å²) in [5.74, 6) is -0.824. The second-order valence-corrected chi connectivity index (χ2v) is 6.71. The minimum Gasteiger partial charge on any atom is -0.465 e. The topological polar surface area (TPSA) is 87.7 Å². The first-order valence-electron chi connectivity index (χ1n) is 8.41. The van der Waals surface area contributed by atoms with Crippen molar-refractivity contribution in [3.05, 3.63) is 46.5 Å². The van der Waals surface area contributed by atoms with Crippen LogP contribution in [0.4, 0.5) is 0 Å². The number of carbonyl (C=O) groups excluding carboxylic acids is 2. The molecule has 0 aliphatic heterocycles. The highest BCUT2D eigenvalue weighted by Gasteiger charge is 2.13. The van der Waals surface area contributed by atoms with E-state index in [0.717, 1.165) is 10.2 Å². The molecule has 0 fully saturated rings. The summed E-state index contributed by atoms with van der Waals surface area (Å²) < 4.78 is 14.5. The molecule has 2 aromatic heterocycles. The molecule has 2 heterocycles. The van der Waals surface area contributed by atoms with Crippen LogP contribution >= 0.6 is 11.3 Å². The minimum absolute atomic E-state index is 0.279. The predicted octanol–water partition coefficient (Wildman–Crippen LogP) is 2.00. The van der Waals surface area contributed by atoms with Gasteiger partial charge in [0.25, 0.3) is 5.91 Å². The fourth-order valence-electron chi connectivity index (χ4n) is 2.59. The highest BCUT2D eigenvalue weighted by atomic mass is 32.1. The summed E-state index contributed by atoms with van der Waals surface area (Å²) in [6.07, 6.45) is 1.69. The van der Waals surface area contributed by atoms with Crippen LogP contribution in [0.5, 0.6) is 0 Å². The highest BCUT2D eigenvalue weighted by molar-refractivity contribution is 7.16. The number of aromatic nitrogens is 3. The average Bonchev–Trinajstić information content (AvgIpc) is 3.24. The predicted molar refractivity (Wildman–Crippen MR) is 101 cm³/mol. The fourth-order valence-corrected chi connectivity index (χ4v) is 3.69. The Balaban J connectivity index is 2.08. The molecule has 0 aliphatic rings. The third kappa shape index (κ3) is 4.15. The lowest BCUT2D eigenvalue weighted by atomic mass is 10.2. The number of aryl methyl sites for hydroxylation is 1. The monoisotopic (exact) mass is 388 g/mol. The van der Waals surface area contributed by atoms with Gasteiger partial charge in [-0.25, -0.2) is 4.79 Å². The number of ether oxygens (including phenoxy) is 2. The Kier molecular flexibility index (Phi) is 5.82. The highest BCUT2D eigenvalue weighted by Crippen LogP contribution is 2.20. The first-order chi connectivity index (χ1) is 13.0. The average molecular weight is 388 g/mol. The van der Waals surface area contributed by atoms with Crippen molar-refractivity contribution >= 4 is 33.4 Å². The summed E-state index contributed by atoms with van der Waals surface area (Å²) in [6.45, 7) is 3.56. The maximum Gasteiger partial charge on any atom is 0.337 e. The summed E-state index contributed by atoms with van der Waals surface area (Å²) in [7, 11) is 3.09. The number of carbonyl (C=O) groups is 2. The van der Waals surface area contributed by atoms with Crippen molar-refractivity contribution in [1.82, 2.24) is 14.3 Å². The second-order valence-electron chi connectivity index (χ2n) is 5.70. The third-order valence-corrected chi connectivity index (χ3v) is 4.94. The van der Waals surface area contributed by atoms with Gasteiger partial charge in [0, 0.05) is 26.4 Å². The fraction of sp³-hybridized carbons (Fsp3) is 0.333. The number of thiazole rings is 1. The molecule has 0 saturated carbocycles. The molecule has 0 aliphatic carbocycles. The number of fused-ring (bicyclic) bond motifs is 1. The second kappa shape index (κ2) is 8.28. The number of methoxy groups -OCH3 is 1. The molecule has 27 heavy (non-hydrogen) atoms. The van der Waals surface area contributed by atoms with E-state index in [1.807, 2.05) is 17.6 Å². The summed E-state index contributed by atoms with van der Waals surface area (Å²) in [4.78, 5) is 29.0. The Bertz CT molecular complexity index is 1050. The number of hydrogen-bond donors (Lipinski definition) is 0. The minimum atomic E-state index is -0.416. The summed E-state index contributed by atoms with van der Waals surface area (Å²) in [5, 5.41) is 4.10. The lowest BCUT2D eigenvalue weighted by molar-refractivity contribution is 0.0600. The van der Waals surface area contributed by atoms with E-state index in [4.69, 9.17) is 9.47 Å². The van der Waals surface area contributed by atoms with Crippen LogP contribution in [-0.4, -0.2) is 46.5 Å². The van der Waals surface area contributed by atoms with Gasteiger partial charge in [0.2, 0.25) is 0 Å². The zero-order valence-electron chi connectivity index (χ0n) is 15.3. The van der Waals surface area contributed by atoms with Crippen molar-refractivity contribution in [1.29, 1.82) is 0 Å². The van der Waals surface area contributed by atoms with E-state index in [0.29, 0.717) is 30.1 Å². The lowest BCUT2D eigenvalue weighted by Gasteiger charge is -2.06. The normalized spacial score (nSPS) is 11.9. The van der Waals surface area contributed by atoms with Crippen LogP contribution in [-0.2, 0) is 23.1 Å². The molecule has 0 N–H and O–H groups in total. The van der Waals surface area contributed by atoms with E-state index in [1.54, 1.807) is 36.1 Å².